The van der Waals surface area contributed by atoms with Crippen molar-refractivity contribution in [2.45, 2.75) is 6.54 Å². The molecule has 0 fully saturated rings. The van der Waals surface area contributed by atoms with Crippen molar-refractivity contribution in [2.75, 3.05) is 19.7 Å². The number of nitrogens with one attached hydrogen (secondary N) is 1. The van der Waals surface area contributed by atoms with Gasteiger partial charge in [-0.1, -0.05) is 12.1 Å². The minimum atomic E-state index is -0.994. The number of hydrogen-bond donors (Lipinski definition) is 3. The summed E-state index contributed by atoms with van der Waals surface area (Å²) < 4.78 is 1.59. The second-order valence-electron chi connectivity index (χ2n) is 4.78. The number of hydrogen-bond acceptors (Lipinski definition) is 4. The fourth-order valence-corrected chi connectivity index (χ4v) is 2.13. The lowest BCUT2D eigenvalue weighted by Crippen LogP contribution is -2.28. The molecular weight excluding hydrogens is 284 g/mol. The van der Waals surface area contributed by atoms with Crippen LogP contribution < -0.4 is 10.9 Å². The molecule has 0 atom stereocenters. The molecule has 1 heterocycles. The van der Waals surface area contributed by atoms with Crippen LogP contribution >= 0.6 is 0 Å². The predicted molar refractivity (Wildman–Crippen MR) is 83.1 cm³/mol. The quantitative estimate of drug-likeness (QED) is 0.658. The Morgan fingerprint density at radius 2 is 1.86 bits per heavy atom. The third kappa shape index (κ3) is 3.81. The monoisotopic (exact) mass is 302 g/mol. The van der Waals surface area contributed by atoms with Crippen molar-refractivity contribution in [3.8, 4) is 11.1 Å². The summed E-state index contributed by atoms with van der Waals surface area (Å²) in [4.78, 5) is 23.3. The molecule has 2 rings (SSSR count). The SMILES string of the molecule is O=C(O)c1ccc(-c2cccn(CCNCCO)c2=O)cc1. The van der Waals surface area contributed by atoms with Crippen molar-refractivity contribution in [1.82, 2.24) is 9.88 Å². The molecule has 0 radical (unpaired) electrons. The Labute approximate surface area is 127 Å². The van der Waals surface area contributed by atoms with Crippen molar-refractivity contribution in [1.29, 1.82) is 0 Å². The maximum absolute atomic E-state index is 12.4. The lowest BCUT2D eigenvalue weighted by atomic mass is 10.1. The van der Waals surface area contributed by atoms with Gasteiger partial charge in [-0.15, -0.1) is 0 Å². The minimum absolute atomic E-state index is 0.0604. The number of rotatable bonds is 7. The van der Waals surface area contributed by atoms with Crippen molar-refractivity contribution < 1.29 is 15.0 Å². The van der Waals surface area contributed by atoms with Gasteiger partial charge in [0.15, 0.2) is 0 Å². The molecule has 2 aromatic rings. The van der Waals surface area contributed by atoms with Gasteiger partial charge in [0.1, 0.15) is 0 Å². The molecule has 6 nitrogen and oxygen atoms in total. The Kier molecular flexibility index (Phi) is 5.46. The van der Waals surface area contributed by atoms with Gasteiger partial charge in [0, 0.05) is 31.4 Å². The van der Waals surface area contributed by atoms with Crippen molar-refractivity contribution in [3.05, 3.63) is 58.5 Å². The molecule has 0 spiro atoms. The Hall–Kier alpha value is -2.44. The summed E-state index contributed by atoms with van der Waals surface area (Å²) >= 11 is 0. The first-order valence-electron chi connectivity index (χ1n) is 6.98. The van der Waals surface area contributed by atoms with Crippen LogP contribution in [0.1, 0.15) is 10.4 Å². The summed E-state index contributed by atoms with van der Waals surface area (Å²) in [5.41, 5.74) is 1.28. The molecule has 0 saturated carbocycles. The van der Waals surface area contributed by atoms with Gasteiger partial charge >= 0.3 is 5.97 Å². The second kappa shape index (κ2) is 7.53. The van der Waals surface area contributed by atoms with E-state index in [4.69, 9.17) is 10.2 Å². The lowest BCUT2D eigenvalue weighted by Gasteiger charge is -2.09. The topological polar surface area (TPSA) is 91.6 Å². The third-order valence-electron chi connectivity index (χ3n) is 3.28. The van der Waals surface area contributed by atoms with E-state index in [1.165, 1.54) is 12.1 Å². The number of aliphatic hydroxyl groups excluding tert-OH is 1. The van der Waals surface area contributed by atoms with Gasteiger partial charge in [0.05, 0.1) is 12.2 Å². The summed E-state index contributed by atoms with van der Waals surface area (Å²) in [5, 5.41) is 20.6. The largest absolute Gasteiger partial charge is 0.478 e. The minimum Gasteiger partial charge on any atom is -0.478 e. The number of pyridine rings is 1. The number of aromatic carboxylic acids is 1. The highest BCUT2D eigenvalue weighted by Crippen LogP contribution is 2.16. The van der Waals surface area contributed by atoms with Crippen LogP contribution in [-0.2, 0) is 6.54 Å². The number of nitrogens with zero attached hydrogens (tertiary/aromatic N) is 1. The Morgan fingerprint density at radius 1 is 1.14 bits per heavy atom. The first-order valence-corrected chi connectivity index (χ1v) is 6.98. The summed E-state index contributed by atoms with van der Waals surface area (Å²) in [7, 11) is 0. The van der Waals surface area contributed by atoms with Gasteiger partial charge in [-0.3, -0.25) is 4.79 Å². The third-order valence-corrected chi connectivity index (χ3v) is 3.28. The fraction of sp³-hybridized carbons (Fsp3) is 0.250. The molecule has 0 bridgehead atoms. The molecular formula is C16H18N2O4. The Balaban J connectivity index is 2.21. The number of aromatic nitrogens is 1. The van der Waals surface area contributed by atoms with Crippen molar-refractivity contribution >= 4 is 5.97 Å². The molecule has 0 aliphatic rings. The Bertz CT molecular complexity index is 692. The summed E-state index contributed by atoms with van der Waals surface area (Å²) in [5.74, 6) is -0.994. The van der Waals surface area contributed by atoms with Gasteiger partial charge in [0.2, 0.25) is 0 Å². The van der Waals surface area contributed by atoms with E-state index in [2.05, 4.69) is 5.32 Å². The van der Waals surface area contributed by atoms with Gasteiger partial charge in [-0.2, -0.15) is 0 Å². The van der Waals surface area contributed by atoms with Gasteiger partial charge in [0.25, 0.3) is 5.56 Å². The molecule has 1 aromatic carbocycles. The van der Waals surface area contributed by atoms with E-state index in [1.807, 2.05) is 0 Å². The number of aliphatic hydroxyl groups is 1. The first kappa shape index (κ1) is 15.9. The lowest BCUT2D eigenvalue weighted by molar-refractivity contribution is 0.0697. The Morgan fingerprint density at radius 3 is 2.50 bits per heavy atom. The number of carboxylic acid groups (broad SMARTS) is 1. The number of benzene rings is 1. The average molecular weight is 302 g/mol. The maximum Gasteiger partial charge on any atom is 0.335 e. The molecule has 0 aliphatic carbocycles. The first-order chi connectivity index (χ1) is 10.6. The smallest absolute Gasteiger partial charge is 0.335 e. The van der Waals surface area contributed by atoms with E-state index in [0.717, 1.165) is 0 Å². The van der Waals surface area contributed by atoms with Crippen molar-refractivity contribution in [3.63, 3.8) is 0 Å². The zero-order valence-electron chi connectivity index (χ0n) is 12.0. The fourth-order valence-electron chi connectivity index (χ4n) is 2.13. The molecule has 1 aromatic heterocycles. The molecule has 0 aliphatic heterocycles. The van der Waals surface area contributed by atoms with Crippen LogP contribution in [0.4, 0.5) is 0 Å². The molecule has 0 unspecified atom stereocenters. The highest BCUT2D eigenvalue weighted by Gasteiger charge is 2.07. The molecule has 0 saturated heterocycles. The standard InChI is InChI=1S/C16H18N2O4/c19-11-8-17-7-10-18-9-1-2-14(15(18)20)12-3-5-13(6-4-12)16(21)22/h1-6,9,17,19H,7-8,10-11H2,(H,21,22). The van der Waals surface area contributed by atoms with E-state index in [0.29, 0.717) is 30.8 Å². The number of carbonyl (C=O) groups is 1. The van der Waals surface area contributed by atoms with Crippen molar-refractivity contribution in [2.24, 2.45) is 0 Å². The predicted octanol–water partition coefficient (Wildman–Crippen LogP) is 0.795. The van der Waals surface area contributed by atoms with E-state index >= 15 is 0 Å². The van der Waals surface area contributed by atoms with Crippen LogP contribution in [-0.4, -0.2) is 40.4 Å². The van der Waals surface area contributed by atoms with Crippen LogP contribution in [0.25, 0.3) is 11.1 Å². The van der Waals surface area contributed by atoms with Gasteiger partial charge in [-0.05, 0) is 29.8 Å². The van der Waals surface area contributed by atoms with E-state index in [-0.39, 0.29) is 17.7 Å². The van der Waals surface area contributed by atoms with Crippen LogP contribution in [0.2, 0.25) is 0 Å². The van der Waals surface area contributed by atoms with Crippen LogP contribution in [0.3, 0.4) is 0 Å². The van der Waals surface area contributed by atoms with Crippen LogP contribution in [0.15, 0.2) is 47.4 Å². The van der Waals surface area contributed by atoms with E-state index < -0.39 is 5.97 Å². The summed E-state index contributed by atoms with van der Waals surface area (Å²) in [6.45, 7) is 1.64. The zero-order chi connectivity index (χ0) is 15.9. The average Bonchev–Trinajstić information content (AvgIpc) is 2.53. The molecule has 0 amide bonds. The molecule has 6 heteroatoms. The van der Waals surface area contributed by atoms with Crippen LogP contribution in [0.5, 0.6) is 0 Å². The summed E-state index contributed by atoms with van der Waals surface area (Å²) in [6, 6.07) is 9.74. The molecule has 116 valence electrons. The summed E-state index contributed by atoms with van der Waals surface area (Å²) in [6.07, 6.45) is 1.71. The van der Waals surface area contributed by atoms with Gasteiger partial charge < -0.3 is 20.1 Å². The normalized spacial score (nSPS) is 10.6. The van der Waals surface area contributed by atoms with E-state index in [1.54, 1.807) is 35.0 Å². The highest BCUT2D eigenvalue weighted by atomic mass is 16.4. The number of carboxylic acids is 1. The van der Waals surface area contributed by atoms with Crippen LogP contribution in [0, 0.1) is 0 Å². The molecule has 3 N–H and O–H groups in total. The van der Waals surface area contributed by atoms with E-state index in [9.17, 15) is 9.59 Å². The second-order valence-corrected chi connectivity index (χ2v) is 4.78. The maximum atomic E-state index is 12.4. The molecule has 22 heavy (non-hydrogen) atoms. The zero-order valence-corrected chi connectivity index (χ0v) is 12.0. The highest BCUT2D eigenvalue weighted by molar-refractivity contribution is 5.88. The van der Waals surface area contributed by atoms with Gasteiger partial charge in [-0.25, -0.2) is 4.79 Å².